The Kier molecular flexibility index (Phi) is 4.57. The monoisotopic (exact) mass is 278 g/mol. The maximum atomic E-state index is 11.9. The number of rotatable bonds is 4. The van der Waals surface area contributed by atoms with Gasteiger partial charge in [-0.15, -0.1) is 0 Å². The van der Waals surface area contributed by atoms with Crippen LogP contribution in [0.25, 0.3) is 0 Å². The molecule has 0 aromatic heterocycles. The van der Waals surface area contributed by atoms with E-state index in [1.165, 1.54) is 0 Å². The van der Waals surface area contributed by atoms with E-state index >= 15 is 0 Å². The molecule has 0 bridgehead atoms. The van der Waals surface area contributed by atoms with Crippen LogP contribution in [-0.4, -0.2) is 35.9 Å². The summed E-state index contributed by atoms with van der Waals surface area (Å²) >= 11 is 0. The van der Waals surface area contributed by atoms with Crippen molar-refractivity contribution in [3.63, 3.8) is 0 Å². The maximum absolute atomic E-state index is 11.9. The number of carbonyl (C=O) groups is 2. The van der Waals surface area contributed by atoms with E-state index in [0.717, 1.165) is 5.56 Å². The lowest BCUT2D eigenvalue weighted by molar-refractivity contribution is -0.148. The van der Waals surface area contributed by atoms with Gasteiger partial charge in [0, 0.05) is 32.6 Å². The van der Waals surface area contributed by atoms with E-state index < -0.39 is 17.5 Å². The van der Waals surface area contributed by atoms with Gasteiger partial charge in [0.05, 0.1) is 0 Å². The molecule has 1 fully saturated rings. The first-order valence-electron chi connectivity index (χ1n) is 6.53. The van der Waals surface area contributed by atoms with Gasteiger partial charge in [-0.1, -0.05) is 30.3 Å². The van der Waals surface area contributed by atoms with Crippen LogP contribution >= 0.6 is 0 Å². The van der Waals surface area contributed by atoms with Gasteiger partial charge < -0.3 is 20.5 Å². The molecule has 6 heteroatoms. The minimum atomic E-state index is -1.22. The van der Waals surface area contributed by atoms with E-state index in [1.54, 1.807) is 0 Å². The van der Waals surface area contributed by atoms with E-state index in [4.69, 9.17) is 4.74 Å². The number of ether oxygens (including phenoxy) is 1. The standard InChI is InChI=1S/C14H18N2O4/c17-12(18)14(6-8-20-9-7-14)16-13(19)15-10-11-4-2-1-3-5-11/h1-5H,6-10H2,(H,17,18)(H2,15,16,19). The normalized spacial score (nSPS) is 17.2. The molecule has 0 atom stereocenters. The van der Waals surface area contributed by atoms with Crippen molar-refractivity contribution in [2.24, 2.45) is 0 Å². The zero-order valence-electron chi connectivity index (χ0n) is 11.1. The number of urea groups is 1. The molecule has 1 aromatic carbocycles. The molecule has 6 nitrogen and oxygen atoms in total. The van der Waals surface area contributed by atoms with Crippen LogP contribution < -0.4 is 10.6 Å². The first kappa shape index (κ1) is 14.3. The van der Waals surface area contributed by atoms with Gasteiger partial charge in [0.2, 0.25) is 0 Å². The molecule has 3 N–H and O–H groups in total. The van der Waals surface area contributed by atoms with Crippen LogP contribution in [0.15, 0.2) is 30.3 Å². The summed E-state index contributed by atoms with van der Waals surface area (Å²) in [5, 5.41) is 14.6. The van der Waals surface area contributed by atoms with Crippen LogP contribution in [0.5, 0.6) is 0 Å². The molecule has 0 radical (unpaired) electrons. The van der Waals surface area contributed by atoms with Crippen LogP contribution in [0.3, 0.4) is 0 Å². The Morgan fingerprint density at radius 1 is 1.20 bits per heavy atom. The fourth-order valence-electron chi connectivity index (χ4n) is 2.15. The summed E-state index contributed by atoms with van der Waals surface area (Å²) in [6, 6.07) is 8.96. The number of carboxylic acid groups (broad SMARTS) is 1. The summed E-state index contributed by atoms with van der Waals surface area (Å²) in [4.78, 5) is 23.3. The first-order valence-corrected chi connectivity index (χ1v) is 6.53. The third-order valence-corrected chi connectivity index (χ3v) is 3.40. The Morgan fingerprint density at radius 3 is 2.45 bits per heavy atom. The fraction of sp³-hybridized carbons (Fsp3) is 0.429. The molecule has 0 saturated carbocycles. The molecule has 1 heterocycles. The second-order valence-corrected chi connectivity index (χ2v) is 4.79. The first-order chi connectivity index (χ1) is 9.62. The van der Waals surface area contributed by atoms with E-state index in [0.29, 0.717) is 19.8 Å². The number of aliphatic carboxylic acids is 1. The molecular formula is C14H18N2O4. The van der Waals surface area contributed by atoms with Crippen molar-refractivity contribution in [3.8, 4) is 0 Å². The highest BCUT2D eigenvalue weighted by Gasteiger charge is 2.41. The molecule has 2 rings (SSSR count). The molecule has 2 amide bonds. The van der Waals surface area contributed by atoms with E-state index in [1.807, 2.05) is 30.3 Å². The highest BCUT2D eigenvalue weighted by atomic mass is 16.5. The Bertz CT molecular complexity index is 469. The number of amides is 2. The number of benzene rings is 1. The molecule has 1 aliphatic heterocycles. The van der Waals surface area contributed by atoms with Crippen LogP contribution in [0.4, 0.5) is 4.79 Å². The SMILES string of the molecule is O=C(NCc1ccccc1)NC1(C(=O)O)CCOCC1. The van der Waals surface area contributed by atoms with Gasteiger partial charge in [0.15, 0.2) is 0 Å². The van der Waals surface area contributed by atoms with Crippen LogP contribution in [-0.2, 0) is 16.1 Å². The lowest BCUT2D eigenvalue weighted by atomic mass is 9.90. The van der Waals surface area contributed by atoms with Crippen molar-refractivity contribution < 1.29 is 19.4 Å². The summed E-state index contributed by atoms with van der Waals surface area (Å²) in [7, 11) is 0. The molecule has 1 aliphatic rings. The molecule has 0 unspecified atom stereocenters. The maximum Gasteiger partial charge on any atom is 0.329 e. The van der Waals surface area contributed by atoms with Crippen LogP contribution in [0, 0.1) is 0 Å². The van der Waals surface area contributed by atoms with E-state index in [-0.39, 0.29) is 12.8 Å². The number of hydrogen-bond acceptors (Lipinski definition) is 3. The van der Waals surface area contributed by atoms with Gasteiger partial charge in [-0.05, 0) is 5.56 Å². The van der Waals surface area contributed by atoms with E-state index in [2.05, 4.69) is 10.6 Å². The third kappa shape index (κ3) is 3.48. The second kappa shape index (κ2) is 6.38. The molecule has 1 saturated heterocycles. The molecule has 20 heavy (non-hydrogen) atoms. The predicted molar refractivity (Wildman–Crippen MR) is 72.2 cm³/mol. The molecular weight excluding hydrogens is 260 g/mol. The Morgan fingerprint density at radius 2 is 1.85 bits per heavy atom. The quantitative estimate of drug-likeness (QED) is 0.770. The van der Waals surface area contributed by atoms with E-state index in [9.17, 15) is 14.7 Å². The summed E-state index contributed by atoms with van der Waals surface area (Å²) in [5.74, 6) is -1.02. The largest absolute Gasteiger partial charge is 0.480 e. The van der Waals surface area contributed by atoms with Gasteiger partial charge in [0.1, 0.15) is 5.54 Å². The average molecular weight is 278 g/mol. The summed E-state index contributed by atoms with van der Waals surface area (Å²) in [6.45, 7) is 1.04. The van der Waals surface area contributed by atoms with Crippen LogP contribution in [0.1, 0.15) is 18.4 Å². The van der Waals surface area contributed by atoms with Gasteiger partial charge in [-0.25, -0.2) is 9.59 Å². The minimum absolute atomic E-state index is 0.279. The Hall–Kier alpha value is -2.08. The van der Waals surface area contributed by atoms with Gasteiger partial charge in [0.25, 0.3) is 0 Å². The molecule has 1 aromatic rings. The van der Waals surface area contributed by atoms with Crippen molar-refractivity contribution in [3.05, 3.63) is 35.9 Å². The van der Waals surface area contributed by atoms with Crippen molar-refractivity contribution in [1.82, 2.24) is 10.6 Å². The number of nitrogens with one attached hydrogen (secondary N) is 2. The predicted octanol–water partition coefficient (Wildman–Crippen LogP) is 1.12. The van der Waals surface area contributed by atoms with Crippen molar-refractivity contribution in [2.75, 3.05) is 13.2 Å². The van der Waals surface area contributed by atoms with Gasteiger partial charge in [-0.2, -0.15) is 0 Å². The highest BCUT2D eigenvalue weighted by molar-refractivity contribution is 5.86. The topological polar surface area (TPSA) is 87.7 Å². The van der Waals surface area contributed by atoms with Gasteiger partial charge in [-0.3, -0.25) is 0 Å². The summed E-state index contributed by atoms with van der Waals surface area (Å²) < 4.78 is 5.15. The number of carbonyl (C=O) groups excluding carboxylic acids is 1. The Labute approximate surface area is 117 Å². The second-order valence-electron chi connectivity index (χ2n) is 4.79. The smallest absolute Gasteiger partial charge is 0.329 e. The van der Waals surface area contributed by atoms with Gasteiger partial charge >= 0.3 is 12.0 Å². The van der Waals surface area contributed by atoms with Crippen molar-refractivity contribution in [2.45, 2.75) is 24.9 Å². The molecule has 108 valence electrons. The fourth-order valence-corrected chi connectivity index (χ4v) is 2.15. The lowest BCUT2D eigenvalue weighted by Crippen LogP contribution is -2.59. The van der Waals surface area contributed by atoms with Crippen LogP contribution in [0.2, 0.25) is 0 Å². The lowest BCUT2D eigenvalue weighted by Gasteiger charge is -2.33. The molecule has 0 aliphatic carbocycles. The van der Waals surface area contributed by atoms with Crippen molar-refractivity contribution in [1.29, 1.82) is 0 Å². The zero-order chi connectivity index (χ0) is 14.4. The number of hydrogen-bond donors (Lipinski definition) is 3. The summed E-state index contributed by atoms with van der Waals surface area (Å²) in [6.07, 6.45) is 0.558. The summed E-state index contributed by atoms with van der Waals surface area (Å²) in [5.41, 5.74) is -0.266. The number of carboxylic acids is 1. The van der Waals surface area contributed by atoms with Crippen molar-refractivity contribution >= 4 is 12.0 Å². The average Bonchev–Trinajstić information content (AvgIpc) is 2.47. The molecule has 0 spiro atoms. The highest BCUT2D eigenvalue weighted by Crippen LogP contribution is 2.20. The minimum Gasteiger partial charge on any atom is -0.480 e. The zero-order valence-corrected chi connectivity index (χ0v) is 11.1. The Balaban J connectivity index is 1.90. The third-order valence-electron chi connectivity index (χ3n) is 3.40.